The Morgan fingerprint density at radius 2 is 1.81 bits per heavy atom. The standard InChI is InChI=1S/C22H23N7O2S/c1-2-14-7-9-17(10-8-14)32(30,31)28-13-16(11-15-5-3-4-6-19(15)28)29-21-18(12-25-29)20(23)26-22(24)27-21/h3-10,12,16H,2,11,13H2,1H3,(H4,23,24,26,27). The maximum absolute atomic E-state index is 13.7. The van der Waals surface area contributed by atoms with E-state index in [0.717, 1.165) is 17.5 Å². The van der Waals surface area contributed by atoms with Gasteiger partial charge in [0.25, 0.3) is 10.0 Å². The molecule has 0 saturated heterocycles. The average Bonchev–Trinajstić information content (AvgIpc) is 3.22. The lowest BCUT2D eigenvalue weighted by molar-refractivity contribution is 0.456. The van der Waals surface area contributed by atoms with Crippen molar-refractivity contribution in [3.63, 3.8) is 0 Å². The number of aromatic nitrogens is 4. The lowest BCUT2D eigenvalue weighted by Crippen LogP contribution is -2.41. The SMILES string of the molecule is CCc1ccc(S(=O)(=O)N2CC(n3ncc4c(N)nc(N)nc43)Cc3ccccc32)cc1. The molecule has 1 unspecified atom stereocenters. The topological polar surface area (TPSA) is 133 Å². The highest BCUT2D eigenvalue weighted by Gasteiger charge is 2.35. The second kappa shape index (κ2) is 7.49. The van der Waals surface area contributed by atoms with Gasteiger partial charge in [0, 0.05) is 0 Å². The fourth-order valence-corrected chi connectivity index (χ4v) is 5.72. The van der Waals surface area contributed by atoms with E-state index >= 15 is 0 Å². The van der Waals surface area contributed by atoms with Gasteiger partial charge in [0.15, 0.2) is 5.65 Å². The maximum atomic E-state index is 13.7. The Kier molecular flexibility index (Phi) is 4.74. The first kappa shape index (κ1) is 20.3. The first-order valence-electron chi connectivity index (χ1n) is 10.3. The number of para-hydroxylation sites is 1. The first-order chi connectivity index (χ1) is 15.4. The van der Waals surface area contributed by atoms with Crippen LogP contribution in [0.3, 0.4) is 0 Å². The third-order valence-electron chi connectivity index (χ3n) is 5.86. The zero-order valence-electron chi connectivity index (χ0n) is 17.5. The van der Waals surface area contributed by atoms with Gasteiger partial charge in [-0.15, -0.1) is 0 Å². The van der Waals surface area contributed by atoms with Crippen molar-refractivity contribution >= 4 is 38.5 Å². The number of benzene rings is 2. The normalized spacial score (nSPS) is 16.3. The van der Waals surface area contributed by atoms with E-state index in [0.29, 0.717) is 23.1 Å². The predicted molar refractivity (Wildman–Crippen MR) is 124 cm³/mol. The molecule has 10 heteroatoms. The molecule has 4 N–H and O–H groups in total. The minimum atomic E-state index is -3.78. The maximum Gasteiger partial charge on any atom is 0.264 e. The second-order valence-corrected chi connectivity index (χ2v) is 9.68. The summed E-state index contributed by atoms with van der Waals surface area (Å²) in [6, 6.07) is 14.3. The highest BCUT2D eigenvalue weighted by Crippen LogP contribution is 2.36. The van der Waals surface area contributed by atoms with E-state index in [9.17, 15) is 8.42 Å². The second-order valence-electron chi connectivity index (χ2n) is 7.81. The van der Waals surface area contributed by atoms with Crippen molar-refractivity contribution in [1.29, 1.82) is 0 Å². The largest absolute Gasteiger partial charge is 0.383 e. The fraction of sp³-hybridized carbons (Fsp3) is 0.227. The number of nitrogens with two attached hydrogens (primary N) is 2. The summed E-state index contributed by atoms with van der Waals surface area (Å²) in [5.41, 5.74) is 14.9. The van der Waals surface area contributed by atoms with Crippen LogP contribution in [-0.2, 0) is 22.9 Å². The minimum Gasteiger partial charge on any atom is -0.383 e. The highest BCUT2D eigenvalue weighted by atomic mass is 32.2. The Labute approximate surface area is 185 Å². The van der Waals surface area contributed by atoms with E-state index in [4.69, 9.17) is 11.5 Å². The van der Waals surface area contributed by atoms with Crippen LogP contribution in [0.15, 0.2) is 59.6 Å². The number of nitrogens with zero attached hydrogens (tertiary/aromatic N) is 5. The van der Waals surface area contributed by atoms with E-state index in [1.165, 1.54) is 4.31 Å². The Morgan fingerprint density at radius 3 is 2.56 bits per heavy atom. The Morgan fingerprint density at radius 1 is 1.06 bits per heavy atom. The zero-order valence-corrected chi connectivity index (χ0v) is 18.3. The number of rotatable bonds is 4. The third-order valence-corrected chi connectivity index (χ3v) is 7.65. The monoisotopic (exact) mass is 449 g/mol. The molecule has 4 aromatic rings. The number of sulfonamides is 1. The molecule has 0 spiro atoms. The Hall–Kier alpha value is -3.66. The molecular weight excluding hydrogens is 426 g/mol. The van der Waals surface area contributed by atoms with Gasteiger partial charge in [-0.25, -0.2) is 13.1 Å². The van der Waals surface area contributed by atoms with Crippen molar-refractivity contribution in [2.75, 3.05) is 22.3 Å². The summed E-state index contributed by atoms with van der Waals surface area (Å²) in [7, 11) is -3.78. The summed E-state index contributed by atoms with van der Waals surface area (Å²) in [6.45, 7) is 2.24. The van der Waals surface area contributed by atoms with E-state index in [1.807, 2.05) is 43.3 Å². The van der Waals surface area contributed by atoms with E-state index in [1.54, 1.807) is 23.0 Å². The van der Waals surface area contributed by atoms with Crippen LogP contribution in [0, 0.1) is 0 Å². The number of anilines is 3. The van der Waals surface area contributed by atoms with Gasteiger partial charge >= 0.3 is 0 Å². The molecule has 3 heterocycles. The molecule has 5 rings (SSSR count). The lowest BCUT2D eigenvalue weighted by atomic mass is 10.00. The van der Waals surface area contributed by atoms with Gasteiger partial charge in [-0.1, -0.05) is 37.3 Å². The lowest BCUT2D eigenvalue weighted by Gasteiger charge is -2.35. The Balaban J connectivity index is 1.61. The number of aryl methyl sites for hydroxylation is 1. The van der Waals surface area contributed by atoms with Crippen LogP contribution < -0.4 is 15.8 Å². The summed E-state index contributed by atoms with van der Waals surface area (Å²) >= 11 is 0. The number of fused-ring (bicyclic) bond motifs is 2. The molecule has 0 radical (unpaired) electrons. The van der Waals surface area contributed by atoms with E-state index < -0.39 is 10.0 Å². The van der Waals surface area contributed by atoms with E-state index in [-0.39, 0.29) is 29.2 Å². The molecule has 0 saturated carbocycles. The van der Waals surface area contributed by atoms with Crippen LogP contribution in [0.5, 0.6) is 0 Å². The van der Waals surface area contributed by atoms with Gasteiger partial charge in [-0.2, -0.15) is 15.1 Å². The van der Waals surface area contributed by atoms with Crippen LogP contribution in [0.2, 0.25) is 0 Å². The van der Waals surface area contributed by atoms with Crippen molar-refractivity contribution < 1.29 is 8.42 Å². The molecule has 2 aromatic carbocycles. The van der Waals surface area contributed by atoms with Gasteiger partial charge in [-0.05, 0) is 42.2 Å². The van der Waals surface area contributed by atoms with Gasteiger partial charge in [0.05, 0.1) is 34.8 Å². The molecule has 2 aromatic heterocycles. The summed E-state index contributed by atoms with van der Waals surface area (Å²) in [6.07, 6.45) is 3.03. The van der Waals surface area contributed by atoms with Gasteiger partial charge in [0.2, 0.25) is 5.95 Å². The molecule has 1 aliphatic rings. The third kappa shape index (κ3) is 3.23. The molecule has 1 atom stereocenters. The molecule has 32 heavy (non-hydrogen) atoms. The van der Waals surface area contributed by atoms with Gasteiger partial charge in [-0.3, -0.25) is 4.31 Å². The van der Waals surface area contributed by atoms with Crippen LogP contribution in [0.4, 0.5) is 17.5 Å². The molecule has 164 valence electrons. The molecule has 0 bridgehead atoms. The number of hydrogen-bond acceptors (Lipinski definition) is 7. The van der Waals surface area contributed by atoms with Crippen molar-refractivity contribution in [2.24, 2.45) is 0 Å². The summed E-state index contributed by atoms with van der Waals surface area (Å²) in [4.78, 5) is 8.56. The molecule has 0 fully saturated rings. The van der Waals surface area contributed by atoms with Crippen LogP contribution in [0.1, 0.15) is 24.1 Å². The van der Waals surface area contributed by atoms with Crippen molar-refractivity contribution in [3.8, 4) is 0 Å². The zero-order chi connectivity index (χ0) is 22.5. The van der Waals surface area contributed by atoms with Gasteiger partial charge < -0.3 is 11.5 Å². The van der Waals surface area contributed by atoms with Gasteiger partial charge in [0.1, 0.15) is 5.82 Å². The van der Waals surface area contributed by atoms with Crippen molar-refractivity contribution in [1.82, 2.24) is 19.7 Å². The summed E-state index contributed by atoms with van der Waals surface area (Å²) < 4.78 is 30.5. The molecule has 9 nitrogen and oxygen atoms in total. The highest BCUT2D eigenvalue weighted by molar-refractivity contribution is 7.92. The summed E-state index contributed by atoms with van der Waals surface area (Å²) in [5.74, 6) is 0.295. The molecule has 1 aliphatic heterocycles. The average molecular weight is 450 g/mol. The smallest absolute Gasteiger partial charge is 0.264 e. The first-order valence-corrected chi connectivity index (χ1v) is 11.8. The van der Waals surface area contributed by atoms with Crippen molar-refractivity contribution in [3.05, 3.63) is 65.9 Å². The molecule has 0 aliphatic carbocycles. The van der Waals surface area contributed by atoms with E-state index in [2.05, 4.69) is 15.1 Å². The quantitative estimate of drug-likeness (QED) is 0.489. The fourth-order valence-electron chi connectivity index (χ4n) is 4.18. The Bertz CT molecular complexity index is 1410. The molecule has 0 amide bonds. The van der Waals surface area contributed by atoms with Crippen LogP contribution in [0.25, 0.3) is 11.0 Å². The molecular formula is C22H23N7O2S. The summed E-state index contributed by atoms with van der Waals surface area (Å²) in [5, 5.41) is 5.05. The minimum absolute atomic E-state index is 0.0495. The van der Waals surface area contributed by atoms with Crippen molar-refractivity contribution in [2.45, 2.75) is 30.7 Å². The van der Waals surface area contributed by atoms with Crippen LogP contribution in [-0.4, -0.2) is 34.7 Å². The predicted octanol–water partition coefficient (Wildman–Crippen LogP) is 2.55. The van der Waals surface area contributed by atoms with Crippen LogP contribution >= 0.6 is 0 Å². The number of hydrogen-bond donors (Lipinski definition) is 2. The number of nitrogen functional groups attached to an aromatic ring is 2.